The van der Waals surface area contributed by atoms with Crippen LogP contribution < -0.4 is 0 Å². The van der Waals surface area contributed by atoms with Crippen molar-refractivity contribution >= 4 is 22.7 Å². The van der Waals surface area contributed by atoms with Gasteiger partial charge in [-0.05, 0) is 18.4 Å². The zero-order valence-corrected chi connectivity index (χ0v) is 9.28. The number of rotatable bonds is 2. The van der Waals surface area contributed by atoms with E-state index >= 15 is 0 Å². The molecule has 2 aromatic heterocycles. The van der Waals surface area contributed by atoms with E-state index in [4.69, 9.17) is 5.26 Å². The van der Waals surface area contributed by atoms with Crippen LogP contribution in [0.2, 0.25) is 0 Å². The van der Waals surface area contributed by atoms with Crippen LogP contribution in [0.1, 0.15) is 10.6 Å². The van der Waals surface area contributed by atoms with Crippen LogP contribution in [0.5, 0.6) is 0 Å². The van der Waals surface area contributed by atoms with Crippen molar-refractivity contribution in [2.24, 2.45) is 0 Å². The van der Waals surface area contributed by atoms with Gasteiger partial charge in [-0.1, -0.05) is 6.07 Å². The Balaban J connectivity index is 2.39. The Morgan fingerprint density at radius 3 is 3.07 bits per heavy atom. The summed E-state index contributed by atoms with van der Waals surface area (Å²) in [5, 5.41) is 11.7. The zero-order valence-electron chi connectivity index (χ0n) is 7.65. The quantitative estimate of drug-likeness (QED) is 0.779. The summed E-state index contributed by atoms with van der Waals surface area (Å²) in [4.78, 5) is 6.78. The summed E-state index contributed by atoms with van der Waals surface area (Å²) in [5.41, 5.74) is 0.918. The van der Waals surface area contributed by atoms with Crippen molar-refractivity contribution < 1.29 is 0 Å². The van der Waals surface area contributed by atoms with Crippen molar-refractivity contribution in [1.82, 2.24) is 4.98 Å². The standard InChI is InChI=1S/C10H8N2S2/c1-7-8(4-5-11)12-10(14-7)9-3-2-6-13-9/h2-3,6H,4H2,1H3. The summed E-state index contributed by atoms with van der Waals surface area (Å²) >= 11 is 3.34. The molecule has 0 aliphatic rings. The van der Waals surface area contributed by atoms with Gasteiger partial charge in [0.1, 0.15) is 5.01 Å². The van der Waals surface area contributed by atoms with Gasteiger partial charge in [0.2, 0.25) is 0 Å². The van der Waals surface area contributed by atoms with Gasteiger partial charge in [-0.15, -0.1) is 22.7 Å². The van der Waals surface area contributed by atoms with Crippen molar-refractivity contribution in [2.75, 3.05) is 0 Å². The summed E-state index contributed by atoms with van der Waals surface area (Å²) in [6, 6.07) is 6.20. The Bertz CT molecular complexity index is 463. The minimum Gasteiger partial charge on any atom is -0.239 e. The maximum atomic E-state index is 8.60. The number of aryl methyl sites for hydroxylation is 1. The SMILES string of the molecule is Cc1sc(-c2cccs2)nc1CC#N. The number of thiazole rings is 1. The van der Waals surface area contributed by atoms with Crippen LogP contribution in [-0.2, 0) is 6.42 Å². The first-order valence-electron chi connectivity index (χ1n) is 4.18. The van der Waals surface area contributed by atoms with E-state index < -0.39 is 0 Å². The largest absolute Gasteiger partial charge is 0.239 e. The smallest absolute Gasteiger partial charge is 0.133 e. The highest BCUT2D eigenvalue weighted by molar-refractivity contribution is 7.21. The molecule has 0 spiro atoms. The molecule has 0 N–H and O–H groups in total. The van der Waals surface area contributed by atoms with Gasteiger partial charge in [0.05, 0.1) is 23.1 Å². The minimum absolute atomic E-state index is 0.410. The first kappa shape index (κ1) is 9.38. The van der Waals surface area contributed by atoms with Crippen molar-refractivity contribution in [1.29, 1.82) is 5.26 Å². The second-order valence-corrected chi connectivity index (χ2v) is 4.98. The highest BCUT2D eigenvalue weighted by Crippen LogP contribution is 2.30. The molecule has 0 saturated carbocycles. The average molecular weight is 220 g/mol. The second kappa shape index (κ2) is 3.91. The number of thiophene rings is 1. The normalized spacial score (nSPS) is 10.0. The summed E-state index contributed by atoms with van der Waals surface area (Å²) in [7, 11) is 0. The van der Waals surface area contributed by atoms with E-state index in [0.717, 1.165) is 15.6 Å². The fourth-order valence-corrected chi connectivity index (χ4v) is 2.90. The Labute approximate surface area is 90.5 Å². The molecule has 0 amide bonds. The molecule has 0 atom stereocenters. The maximum Gasteiger partial charge on any atom is 0.133 e. The third kappa shape index (κ3) is 1.69. The van der Waals surface area contributed by atoms with Gasteiger partial charge in [0, 0.05) is 4.88 Å². The molecule has 0 aliphatic heterocycles. The van der Waals surface area contributed by atoms with E-state index in [2.05, 4.69) is 17.1 Å². The van der Waals surface area contributed by atoms with Crippen LogP contribution in [-0.4, -0.2) is 4.98 Å². The van der Waals surface area contributed by atoms with E-state index in [-0.39, 0.29) is 0 Å². The van der Waals surface area contributed by atoms with Gasteiger partial charge < -0.3 is 0 Å². The molecule has 70 valence electrons. The maximum absolute atomic E-state index is 8.60. The van der Waals surface area contributed by atoms with Crippen LogP contribution in [0, 0.1) is 18.3 Å². The first-order chi connectivity index (χ1) is 6.81. The van der Waals surface area contributed by atoms with Crippen LogP contribution in [0.25, 0.3) is 9.88 Å². The lowest BCUT2D eigenvalue weighted by Gasteiger charge is -1.86. The first-order valence-corrected chi connectivity index (χ1v) is 5.88. The molecule has 0 fully saturated rings. The Kier molecular flexibility index (Phi) is 2.62. The van der Waals surface area contributed by atoms with Crippen molar-refractivity contribution in [3.05, 3.63) is 28.1 Å². The fourth-order valence-electron chi connectivity index (χ4n) is 1.17. The van der Waals surface area contributed by atoms with Gasteiger partial charge in [-0.3, -0.25) is 0 Å². The molecule has 0 saturated heterocycles. The van der Waals surface area contributed by atoms with Crippen LogP contribution in [0.4, 0.5) is 0 Å². The summed E-state index contributed by atoms with van der Waals surface area (Å²) in [6.45, 7) is 2.02. The Hall–Kier alpha value is -1.18. The molecule has 2 rings (SSSR count). The van der Waals surface area contributed by atoms with E-state index in [1.807, 2.05) is 18.4 Å². The Morgan fingerprint density at radius 1 is 1.57 bits per heavy atom. The Morgan fingerprint density at radius 2 is 2.43 bits per heavy atom. The molecule has 0 aromatic carbocycles. The van der Waals surface area contributed by atoms with Crippen molar-refractivity contribution in [2.45, 2.75) is 13.3 Å². The van der Waals surface area contributed by atoms with Crippen LogP contribution in [0.3, 0.4) is 0 Å². The molecular weight excluding hydrogens is 212 g/mol. The molecule has 2 nitrogen and oxygen atoms in total. The van der Waals surface area contributed by atoms with Crippen LogP contribution >= 0.6 is 22.7 Å². The fraction of sp³-hybridized carbons (Fsp3) is 0.200. The lowest BCUT2D eigenvalue weighted by molar-refractivity contribution is 1.13. The molecule has 0 radical (unpaired) electrons. The lowest BCUT2D eigenvalue weighted by atomic mass is 10.3. The molecule has 0 bridgehead atoms. The topological polar surface area (TPSA) is 36.7 Å². The van der Waals surface area contributed by atoms with E-state index in [1.165, 1.54) is 4.88 Å². The number of hydrogen-bond acceptors (Lipinski definition) is 4. The summed E-state index contributed by atoms with van der Waals surface area (Å²) in [5.74, 6) is 0. The molecule has 14 heavy (non-hydrogen) atoms. The highest BCUT2D eigenvalue weighted by atomic mass is 32.1. The highest BCUT2D eigenvalue weighted by Gasteiger charge is 2.09. The predicted octanol–water partition coefficient (Wildman–Crippen LogP) is 3.25. The minimum atomic E-state index is 0.410. The van der Waals surface area contributed by atoms with Gasteiger partial charge in [-0.2, -0.15) is 5.26 Å². The molecule has 0 aliphatic carbocycles. The van der Waals surface area contributed by atoms with Gasteiger partial charge in [-0.25, -0.2) is 4.98 Å². The van der Waals surface area contributed by atoms with E-state index in [1.54, 1.807) is 22.7 Å². The molecule has 2 heterocycles. The lowest BCUT2D eigenvalue weighted by Crippen LogP contribution is -1.83. The van der Waals surface area contributed by atoms with Gasteiger partial charge in [0.25, 0.3) is 0 Å². The molecule has 4 heteroatoms. The third-order valence-corrected chi connectivity index (χ3v) is 3.92. The van der Waals surface area contributed by atoms with Gasteiger partial charge in [0.15, 0.2) is 0 Å². The molecular formula is C10H8N2S2. The van der Waals surface area contributed by atoms with E-state index in [0.29, 0.717) is 6.42 Å². The predicted molar refractivity (Wildman–Crippen MR) is 59.5 cm³/mol. The van der Waals surface area contributed by atoms with Crippen molar-refractivity contribution in [3.8, 4) is 16.0 Å². The second-order valence-electron chi connectivity index (χ2n) is 2.83. The molecule has 0 unspecified atom stereocenters. The number of nitriles is 1. The number of aromatic nitrogens is 1. The van der Waals surface area contributed by atoms with Crippen molar-refractivity contribution in [3.63, 3.8) is 0 Å². The summed E-state index contributed by atoms with van der Waals surface area (Å²) in [6.07, 6.45) is 0.410. The third-order valence-electron chi connectivity index (χ3n) is 1.87. The molecule has 2 aromatic rings. The number of hydrogen-bond donors (Lipinski definition) is 0. The van der Waals surface area contributed by atoms with Crippen LogP contribution in [0.15, 0.2) is 17.5 Å². The van der Waals surface area contributed by atoms with Gasteiger partial charge >= 0.3 is 0 Å². The number of nitrogens with zero attached hydrogens (tertiary/aromatic N) is 2. The zero-order chi connectivity index (χ0) is 9.97. The monoisotopic (exact) mass is 220 g/mol. The van der Waals surface area contributed by atoms with E-state index in [9.17, 15) is 0 Å². The summed E-state index contributed by atoms with van der Waals surface area (Å²) < 4.78 is 0. The average Bonchev–Trinajstić information content (AvgIpc) is 2.76.